The summed E-state index contributed by atoms with van der Waals surface area (Å²) in [6, 6.07) is 3.91. The molecule has 0 aliphatic carbocycles. The molecular weight excluding hydrogens is 240 g/mol. The number of nitrogens with zero attached hydrogens (tertiary/aromatic N) is 3. The monoisotopic (exact) mass is 264 g/mol. The van der Waals surface area contributed by atoms with E-state index < -0.39 is 0 Å². The van der Waals surface area contributed by atoms with Crippen molar-refractivity contribution in [2.24, 2.45) is 0 Å². The van der Waals surface area contributed by atoms with Crippen LogP contribution in [-0.4, -0.2) is 55.8 Å². The summed E-state index contributed by atoms with van der Waals surface area (Å²) in [5.41, 5.74) is 6.37. The Morgan fingerprint density at radius 1 is 1.21 bits per heavy atom. The van der Waals surface area contributed by atoms with Crippen LogP contribution in [0.4, 0.5) is 11.5 Å². The summed E-state index contributed by atoms with van der Waals surface area (Å²) < 4.78 is 5.53. The molecule has 0 bridgehead atoms. The maximum atomic E-state index is 5.65. The van der Waals surface area contributed by atoms with Crippen molar-refractivity contribution in [3.63, 3.8) is 0 Å². The first kappa shape index (κ1) is 14.1. The second kappa shape index (κ2) is 7.31. The number of rotatable bonds is 6. The molecular formula is C14H24N4O. The molecule has 0 aromatic carbocycles. The molecule has 0 saturated carbocycles. The third-order valence-corrected chi connectivity index (χ3v) is 3.37. The number of nitrogen functional groups attached to an aromatic ring is 1. The van der Waals surface area contributed by atoms with Gasteiger partial charge in [0.2, 0.25) is 0 Å². The zero-order chi connectivity index (χ0) is 13.5. The van der Waals surface area contributed by atoms with Gasteiger partial charge >= 0.3 is 0 Å². The normalized spacial score (nSPS) is 16.8. The van der Waals surface area contributed by atoms with Gasteiger partial charge in [-0.15, -0.1) is 0 Å². The van der Waals surface area contributed by atoms with Crippen LogP contribution >= 0.6 is 0 Å². The van der Waals surface area contributed by atoms with Gasteiger partial charge in [-0.05, 0) is 18.6 Å². The highest BCUT2D eigenvalue weighted by molar-refractivity contribution is 5.46. The first-order chi connectivity index (χ1) is 9.29. The molecule has 2 rings (SSSR count). The number of pyridine rings is 1. The number of aromatic nitrogens is 1. The Balaban J connectivity index is 1.71. The van der Waals surface area contributed by atoms with Gasteiger partial charge < -0.3 is 15.4 Å². The first-order valence-corrected chi connectivity index (χ1v) is 7.06. The minimum Gasteiger partial charge on any atom is -0.397 e. The lowest BCUT2D eigenvalue weighted by Gasteiger charge is -2.35. The zero-order valence-electron chi connectivity index (χ0n) is 11.7. The Morgan fingerprint density at radius 2 is 2.00 bits per heavy atom. The van der Waals surface area contributed by atoms with Crippen LogP contribution in [0.25, 0.3) is 0 Å². The van der Waals surface area contributed by atoms with Crippen molar-refractivity contribution in [3.05, 3.63) is 18.3 Å². The summed E-state index contributed by atoms with van der Waals surface area (Å²) in [5.74, 6) is 1.02. The van der Waals surface area contributed by atoms with Gasteiger partial charge in [0, 0.05) is 39.3 Å². The summed E-state index contributed by atoms with van der Waals surface area (Å²) in [4.78, 5) is 9.13. The van der Waals surface area contributed by atoms with Crippen molar-refractivity contribution in [3.8, 4) is 0 Å². The van der Waals surface area contributed by atoms with E-state index in [2.05, 4.69) is 21.7 Å². The molecule has 0 unspecified atom stereocenters. The Hall–Kier alpha value is -1.33. The van der Waals surface area contributed by atoms with Crippen LogP contribution in [0.5, 0.6) is 0 Å². The summed E-state index contributed by atoms with van der Waals surface area (Å²) in [7, 11) is 0. The average Bonchev–Trinajstić information content (AvgIpc) is 2.45. The number of hydrogen-bond acceptors (Lipinski definition) is 5. The summed E-state index contributed by atoms with van der Waals surface area (Å²) in [6.45, 7) is 9.06. The van der Waals surface area contributed by atoms with Crippen LogP contribution in [0.3, 0.4) is 0 Å². The van der Waals surface area contributed by atoms with Gasteiger partial charge in [-0.1, -0.05) is 6.92 Å². The maximum absolute atomic E-state index is 5.65. The fourth-order valence-corrected chi connectivity index (χ4v) is 2.23. The lowest BCUT2D eigenvalue weighted by molar-refractivity contribution is 0.102. The molecule has 19 heavy (non-hydrogen) atoms. The molecule has 5 nitrogen and oxygen atoms in total. The molecule has 1 saturated heterocycles. The molecule has 2 heterocycles. The van der Waals surface area contributed by atoms with Gasteiger partial charge in [0.15, 0.2) is 0 Å². The number of hydrogen-bond donors (Lipinski definition) is 1. The molecule has 106 valence electrons. The van der Waals surface area contributed by atoms with E-state index >= 15 is 0 Å². The second-order valence-corrected chi connectivity index (χ2v) is 4.89. The van der Waals surface area contributed by atoms with Crippen LogP contribution in [0.15, 0.2) is 18.3 Å². The van der Waals surface area contributed by atoms with Crippen molar-refractivity contribution in [2.75, 3.05) is 56.6 Å². The highest BCUT2D eigenvalue weighted by Crippen LogP contribution is 2.14. The predicted octanol–water partition coefficient (Wildman–Crippen LogP) is 1.21. The van der Waals surface area contributed by atoms with E-state index in [9.17, 15) is 0 Å². The molecule has 2 N–H and O–H groups in total. The standard InChI is InChI=1S/C14H24N4O/c1-2-10-19-11-9-17-5-7-18(8-6-17)14-4-3-13(15)12-16-14/h3-4,12H,2,5-11,15H2,1H3. The Labute approximate surface area is 115 Å². The highest BCUT2D eigenvalue weighted by Gasteiger charge is 2.17. The summed E-state index contributed by atoms with van der Waals surface area (Å²) >= 11 is 0. The van der Waals surface area contributed by atoms with Gasteiger partial charge in [0.05, 0.1) is 18.5 Å². The predicted molar refractivity (Wildman–Crippen MR) is 78.4 cm³/mol. The molecule has 1 aliphatic heterocycles. The minimum absolute atomic E-state index is 0.718. The van der Waals surface area contributed by atoms with E-state index in [0.29, 0.717) is 0 Å². The van der Waals surface area contributed by atoms with Crippen LogP contribution in [0.1, 0.15) is 13.3 Å². The molecule has 5 heteroatoms. The smallest absolute Gasteiger partial charge is 0.128 e. The molecule has 1 aromatic heterocycles. The van der Waals surface area contributed by atoms with Gasteiger partial charge in [0.1, 0.15) is 5.82 Å². The molecule has 1 aliphatic rings. The summed E-state index contributed by atoms with van der Waals surface area (Å²) in [6.07, 6.45) is 2.82. The van der Waals surface area contributed by atoms with E-state index in [1.54, 1.807) is 6.20 Å². The topological polar surface area (TPSA) is 54.6 Å². The third-order valence-electron chi connectivity index (χ3n) is 3.37. The van der Waals surface area contributed by atoms with E-state index in [1.165, 1.54) is 0 Å². The second-order valence-electron chi connectivity index (χ2n) is 4.89. The van der Waals surface area contributed by atoms with E-state index in [4.69, 9.17) is 10.5 Å². The van der Waals surface area contributed by atoms with E-state index in [-0.39, 0.29) is 0 Å². The summed E-state index contributed by atoms with van der Waals surface area (Å²) in [5, 5.41) is 0. The minimum atomic E-state index is 0.718. The molecule has 1 fully saturated rings. The Morgan fingerprint density at radius 3 is 2.63 bits per heavy atom. The fraction of sp³-hybridized carbons (Fsp3) is 0.643. The SMILES string of the molecule is CCCOCCN1CCN(c2ccc(N)cn2)CC1. The number of ether oxygens (including phenoxy) is 1. The Bertz CT molecular complexity index is 360. The van der Waals surface area contributed by atoms with Gasteiger partial charge in [-0.3, -0.25) is 4.90 Å². The van der Waals surface area contributed by atoms with E-state index in [1.807, 2.05) is 12.1 Å². The number of anilines is 2. The highest BCUT2D eigenvalue weighted by atomic mass is 16.5. The number of nitrogens with two attached hydrogens (primary N) is 1. The van der Waals surface area contributed by atoms with Crippen LogP contribution in [0.2, 0.25) is 0 Å². The molecule has 0 amide bonds. The molecule has 0 spiro atoms. The maximum Gasteiger partial charge on any atom is 0.128 e. The molecule has 1 aromatic rings. The number of piperazine rings is 1. The molecule has 0 atom stereocenters. The van der Waals surface area contributed by atoms with Crippen molar-refractivity contribution in [1.82, 2.24) is 9.88 Å². The lowest BCUT2D eigenvalue weighted by Crippen LogP contribution is -2.47. The largest absolute Gasteiger partial charge is 0.397 e. The van der Waals surface area contributed by atoms with Gasteiger partial charge in [0.25, 0.3) is 0 Å². The van der Waals surface area contributed by atoms with Gasteiger partial charge in [-0.2, -0.15) is 0 Å². The first-order valence-electron chi connectivity index (χ1n) is 7.06. The van der Waals surface area contributed by atoms with Crippen molar-refractivity contribution >= 4 is 11.5 Å². The van der Waals surface area contributed by atoms with Crippen LogP contribution in [0, 0.1) is 0 Å². The van der Waals surface area contributed by atoms with Crippen LogP contribution in [-0.2, 0) is 4.74 Å². The fourth-order valence-electron chi connectivity index (χ4n) is 2.23. The van der Waals surface area contributed by atoms with E-state index in [0.717, 1.165) is 63.9 Å². The Kier molecular flexibility index (Phi) is 5.42. The van der Waals surface area contributed by atoms with Crippen LogP contribution < -0.4 is 10.6 Å². The molecule has 0 radical (unpaired) electrons. The van der Waals surface area contributed by atoms with Crippen molar-refractivity contribution in [2.45, 2.75) is 13.3 Å². The lowest BCUT2D eigenvalue weighted by atomic mass is 10.3. The average molecular weight is 264 g/mol. The van der Waals surface area contributed by atoms with Crippen molar-refractivity contribution < 1.29 is 4.74 Å². The third kappa shape index (κ3) is 4.36. The van der Waals surface area contributed by atoms with Crippen molar-refractivity contribution in [1.29, 1.82) is 0 Å². The van der Waals surface area contributed by atoms with Gasteiger partial charge in [-0.25, -0.2) is 4.98 Å². The zero-order valence-corrected chi connectivity index (χ0v) is 11.7. The quantitative estimate of drug-likeness (QED) is 0.783.